The van der Waals surface area contributed by atoms with Crippen LogP contribution in [0.5, 0.6) is 0 Å². The number of aromatic nitrogens is 4. The van der Waals surface area contributed by atoms with Crippen LogP contribution in [0.2, 0.25) is 0 Å². The van der Waals surface area contributed by atoms with Crippen molar-refractivity contribution in [3.8, 4) is 0 Å². The molecule has 0 aromatic carbocycles. The van der Waals surface area contributed by atoms with Crippen LogP contribution in [0, 0.1) is 11.6 Å². The van der Waals surface area contributed by atoms with E-state index >= 15 is 0 Å². The number of hydrogen-bond acceptors (Lipinski definition) is 15. The summed E-state index contributed by atoms with van der Waals surface area (Å²) in [6, 6.07) is -2.89. The fourth-order valence-corrected chi connectivity index (χ4v) is 4.48. The minimum Gasteiger partial charge on any atom is -0.427 e. The number of H-pyrrole nitrogens is 2. The third kappa shape index (κ3) is 7.28. The Morgan fingerprint density at radius 1 is 0.909 bits per heavy atom. The molecule has 0 aliphatic carbocycles. The van der Waals surface area contributed by atoms with Crippen LogP contribution in [0.1, 0.15) is 12.5 Å². The van der Waals surface area contributed by atoms with E-state index in [0.717, 1.165) is 14.1 Å². The van der Waals surface area contributed by atoms with E-state index in [-0.39, 0.29) is 5.06 Å². The summed E-state index contributed by atoms with van der Waals surface area (Å²) in [4.78, 5) is 77.1. The van der Waals surface area contributed by atoms with Gasteiger partial charge in [0.2, 0.25) is 17.9 Å². The van der Waals surface area contributed by atoms with Gasteiger partial charge >= 0.3 is 17.1 Å². The van der Waals surface area contributed by atoms with E-state index in [0.29, 0.717) is 26.6 Å². The molecule has 0 spiro atoms. The van der Waals surface area contributed by atoms with Crippen LogP contribution < -0.4 is 22.5 Å². The zero-order chi connectivity index (χ0) is 33.2. The van der Waals surface area contributed by atoms with Gasteiger partial charge in [-0.1, -0.05) is 0 Å². The summed E-state index contributed by atoms with van der Waals surface area (Å²) >= 11 is 0. The van der Waals surface area contributed by atoms with Gasteiger partial charge in [0.15, 0.2) is 24.8 Å². The van der Waals surface area contributed by atoms with Crippen molar-refractivity contribution in [3.63, 3.8) is 0 Å². The van der Waals surface area contributed by atoms with Crippen molar-refractivity contribution < 1.29 is 61.9 Å². The van der Waals surface area contributed by atoms with E-state index in [9.17, 15) is 51.9 Å². The largest absolute Gasteiger partial charge is 0.427 e. The molecule has 0 radical (unpaired) electrons. The zero-order valence-electron chi connectivity index (χ0n) is 22.2. The van der Waals surface area contributed by atoms with Crippen LogP contribution in [0.25, 0.3) is 0 Å². The topological polar surface area (TPSA) is 262 Å². The first-order chi connectivity index (χ1) is 20.5. The maximum atomic E-state index is 14.5. The Morgan fingerprint density at radius 2 is 1.34 bits per heavy atom. The van der Waals surface area contributed by atoms with E-state index in [1.807, 2.05) is 0 Å². The highest BCUT2D eigenvalue weighted by Gasteiger charge is 2.51. The molecule has 4 heterocycles. The number of aromatic amines is 2. The summed E-state index contributed by atoms with van der Waals surface area (Å²) in [5.41, 5.74) is -6.34. The number of nitrogens with one attached hydrogen (secondary N) is 2. The van der Waals surface area contributed by atoms with Gasteiger partial charge in [0.05, 0.1) is 25.0 Å². The Kier molecular flexibility index (Phi) is 11.3. The van der Waals surface area contributed by atoms with Crippen molar-refractivity contribution in [1.82, 2.24) is 29.2 Å². The van der Waals surface area contributed by atoms with Crippen LogP contribution in [0.4, 0.5) is 22.4 Å². The number of carbonyl (C=O) groups excluding carboxylic acids is 1. The highest BCUT2D eigenvalue weighted by atomic mass is 31.2. The monoisotopic (exact) mass is 664 g/mol. The Balaban J connectivity index is 0.000000244. The fraction of sp³-hybridized carbons (Fsp3) is 0.550. The summed E-state index contributed by atoms with van der Waals surface area (Å²) in [5.74, 6) is -2.67. The predicted molar refractivity (Wildman–Crippen MR) is 132 cm³/mol. The Morgan fingerprint density at radius 3 is 1.73 bits per heavy atom. The first-order valence-electron chi connectivity index (χ1n) is 11.9. The molecule has 44 heavy (non-hydrogen) atoms. The van der Waals surface area contributed by atoms with Gasteiger partial charge in [-0.25, -0.2) is 23.2 Å². The standard InChI is InChI=1S/C10H12F2N3O8P.C10H13F2N3O5/c1-14(19)5-4(12)7(22-8(5)23-10(18)24(20)21)15-2-3(11)6(16)13-9(15)17;1-14(19)7-5(3-16)20-9(6(7)12)15-2-4(11)8(17)13-10(15)18/h2,4-5,7-8,19-21H,1H3,(H,13,16,17);2,5-7,9,16,19H,3H2,1H3,(H,13,17,18)/t4-,5+,7-,8-;5-,6+,7-,9-/m11/s1. The number of aliphatic hydroxyl groups excluding tert-OH is 1. The van der Waals surface area contributed by atoms with Crippen LogP contribution in [-0.4, -0.2) is 118 Å². The molecule has 0 amide bonds. The average molecular weight is 664 g/mol. The summed E-state index contributed by atoms with van der Waals surface area (Å²) in [5, 5.41) is 28.7. The minimum atomic E-state index is -3.15. The first-order valence-corrected chi connectivity index (χ1v) is 13.2. The molecule has 7 N–H and O–H groups in total. The molecule has 0 saturated carbocycles. The second-order valence-electron chi connectivity index (χ2n) is 9.12. The number of nitrogens with zero attached hydrogens (tertiary/aromatic N) is 4. The molecule has 0 bridgehead atoms. The Labute approximate surface area is 241 Å². The molecule has 8 atom stereocenters. The molecule has 19 nitrogen and oxygen atoms in total. The Hall–Kier alpha value is -3.38. The van der Waals surface area contributed by atoms with E-state index in [1.165, 1.54) is 0 Å². The van der Waals surface area contributed by atoms with Gasteiger partial charge in [-0.05, 0) is 0 Å². The second kappa shape index (κ2) is 14.2. The number of ether oxygens (including phenoxy) is 3. The third-order valence-electron chi connectivity index (χ3n) is 6.27. The number of halogens is 4. The molecule has 4 rings (SSSR count). The number of rotatable bonds is 7. The van der Waals surface area contributed by atoms with Crippen molar-refractivity contribution in [3.05, 3.63) is 65.7 Å². The van der Waals surface area contributed by atoms with Gasteiger partial charge in [0, 0.05) is 14.1 Å². The van der Waals surface area contributed by atoms with E-state index in [4.69, 9.17) is 24.4 Å². The number of alkyl halides is 2. The van der Waals surface area contributed by atoms with Gasteiger partial charge in [-0.3, -0.25) is 28.7 Å². The molecular formula is C20H25F4N6O13P. The average Bonchev–Trinajstić information content (AvgIpc) is 3.44. The summed E-state index contributed by atoms with van der Waals surface area (Å²) in [6.07, 6.45) is -9.56. The van der Waals surface area contributed by atoms with Crippen LogP contribution in [-0.2, 0) is 14.2 Å². The highest BCUT2D eigenvalue weighted by Crippen LogP contribution is 2.37. The molecule has 246 valence electrons. The van der Waals surface area contributed by atoms with E-state index in [2.05, 4.69) is 4.74 Å². The van der Waals surface area contributed by atoms with Crippen LogP contribution in [0.3, 0.4) is 0 Å². The zero-order valence-corrected chi connectivity index (χ0v) is 23.1. The van der Waals surface area contributed by atoms with Gasteiger partial charge < -0.3 is 39.5 Å². The van der Waals surface area contributed by atoms with E-state index in [1.54, 1.807) is 9.97 Å². The van der Waals surface area contributed by atoms with Gasteiger partial charge in [-0.15, -0.1) is 0 Å². The summed E-state index contributed by atoms with van der Waals surface area (Å²) < 4.78 is 70.7. The number of likely N-dealkylation sites (N-methyl/N-ethyl adjacent to an activating group) is 2. The lowest BCUT2D eigenvalue weighted by atomic mass is 10.1. The maximum Gasteiger partial charge on any atom is 0.386 e. The molecule has 2 aromatic heterocycles. The molecule has 24 heteroatoms. The summed E-state index contributed by atoms with van der Waals surface area (Å²) in [7, 11) is -1.01. The van der Waals surface area contributed by atoms with Gasteiger partial charge in [0.1, 0.15) is 12.1 Å². The van der Waals surface area contributed by atoms with Crippen LogP contribution in [0.15, 0.2) is 31.6 Å². The number of hydrogen-bond donors (Lipinski definition) is 7. The van der Waals surface area contributed by atoms with Crippen molar-refractivity contribution in [2.45, 2.75) is 49.3 Å². The molecule has 2 aliphatic rings. The van der Waals surface area contributed by atoms with Crippen molar-refractivity contribution >= 4 is 14.1 Å². The normalized spacial score (nSPS) is 28.4. The lowest BCUT2D eigenvalue weighted by molar-refractivity contribution is -0.180. The lowest BCUT2D eigenvalue weighted by Gasteiger charge is -2.23. The molecule has 2 saturated heterocycles. The van der Waals surface area contributed by atoms with Crippen molar-refractivity contribution in [2.24, 2.45) is 0 Å². The quantitative estimate of drug-likeness (QED) is 0.0923. The number of carbonyl (C=O) groups is 1. The first kappa shape index (κ1) is 35.1. The molecule has 2 aliphatic heterocycles. The summed E-state index contributed by atoms with van der Waals surface area (Å²) in [6.45, 7) is -0.604. The highest BCUT2D eigenvalue weighted by molar-refractivity contribution is 7.63. The molecule has 2 aromatic rings. The molecule has 2 fully saturated rings. The smallest absolute Gasteiger partial charge is 0.386 e. The third-order valence-corrected chi connectivity index (χ3v) is 6.70. The predicted octanol–water partition coefficient (Wildman–Crippen LogP) is -2.42. The van der Waals surface area contributed by atoms with Crippen LogP contribution >= 0.6 is 8.38 Å². The molecular weight excluding hydrogens is 639 g/mol. The minimum absolute atomic E-state index is 0.284. The van der Waals surface area contributed by atoms with Crippen molar-refractivity contribution in [2.75, 3.05) is 20.7 Å². The fourth-order valence-electron chi connectivity index (χ4n) is 4.28. The number of hydroxylamine groups is 4. The van der Waals surface area contributed by atoms with Gasteiger partial charge in [-0.2, -0.15) is 18.9 Å². The molecule has 0 unspecified atom stereocenters. The number of aliphatic hydroxyl groups is 1. The van der Waals surface area contributed by atoms with Crippen molar-refractivity contribution in [1.29, 1.82) is 0 Å². The van der Waals surface area contributed by atoms with E-state index < -0.39 is 104 Å². The SMILES string of the molecule is CN(O)[C@@H]1[C@@H](OC(=O)P(O)O)O[C@@H](n2cc(F)c(=O)[nH]c2=O)[C@@H]1F.CN(O)[C@H]1[C@H](F)[C@H](n2cc(F)c(=O)[nH]c2=O)O[C@@H]1CO. The Bertz CT molecular complexity index is 1570. The maximum absolute atomic E-state index is 14.5. The lowest BCUT2D eigenvalue weighted by Crippen LogP contribution is -2.44. The second-order valence-corrected chi connectivity index (χ2v) is 10.1. The van der Waals surface area contributed by atoms with Gasteiger partial charge in [0.25, 0.3) is 19.5 Å².